The number of hydrogen-bond acceptors (Lipinski definition) is 1. The van der Waals surface area contributed by atoms with E-state index in [0.29, 0.717) is 5.82 Å². The highest BCUT2D eigenvalue weighted by molar-refractivity contribution is 6.03. The standard InChI is InChI=1S/C10H9N3/c11-10-8-5-6-3-1-2-4-7(6)9(8)12-13-10/h1-5,12-13H,11H2. The minimum absolute atomic E-state index is 0.700. The van der Waals surface area contributed by atoms with Crippen molar-refractivity contribution in [2.24, 2.45) is 0 Å². The fourth-order valence-corrected chi connectivity index (χ4v) is 1.77. The summed E-state index contributed by atoms with van der Waals surface area (Å²) >= 11 is 0. The van der Waals surface area contributed by atoms with E-state index in [0.717, 1.165) is 11.3 Å². The van der Waals surface area contributed by atoms with Crippen LogP contribution in [0.5, 0.6) is 0 Å². The van der Waals surface area contributed by atoms with E-state index in [4.69, 9.17) is 5.73 Å². The second-order valence-corrected chi connectivity index (χ2v) is 3.18. The Kier molecular flexibility index (Phi) is 1.05. The monoisotopic (exact) mass is 171 g/mol. The van der Waals surface area contributed by atoms with Crippen molar-refractivity contribution in [2.75, 3.05) is 5.73 Å². The van der Waals surface area contributed by atoms with Crippen LogP contribution in [0.2, 0.25) is 0 Å². The van der Waals surface area contributed by atoms with Gasteiger partial charge in [-0.2, -0.15) is 0 Å². The third-order valence-electron chi connectivity index (χ3n) is 2.41. The summed E-state index contributed by atoms with van der Waals surface area (Å²) < 4.78 is 0. The van der Waals surface area contributed by atoms with Gasteiger partial charge in [0, 0.05) is 10.9 Å². The second-order valence-electron chi connectivity index (χ2n) is 3.18. The van der Waals surface area contributed by atoms with E-state index in [1.165, 1.54) is 10.8 Å². The van der Waals surface area contributed by atoms with Gasteiger partial charge in [-0.3, -0.25) is 10.2 Å². The van der Waals surface area contributed by atoms with Gasteiger partial charge in [0.2, 0.25) is 0 Å². The topological polar surface area (TPSA) is 57.6 Å². The lowest BCUT2D eigenvalue weighted by Crippen LogP contribution is -1.83. The maximum atomic E-state index is 5.75. The van der Waals surface area contributed by atoms with E-state index in [9.17, 15) is 0 Å². The number of nitrogens with one attached hydrogen (secondary N) is 2. The Bertz CT molecular complexity index is 532. The van der Waals surface area contributed by atoms with Crippen molar-refractivity contribution >= 4 is 16.6 Å². The van der Waals surface area contributed by atoms with Crippen molar-refractivity contribution in [3.05, 3.63) is 30.3 Å². The van der Waals surface area contributed by atoms with Crippen molar-refractivity contribution in [3.63, 3.8) is 0 Å². The largest absolute Gasteiger partial charge is 0.384 e. The van der Waals surface area contributed by atoms with Gasteiger partial charge in [0.05, 0.1) is 5.69 Å². The van der Waals surface area contributed by atoms with Crippen molar-refractivity contribution in [1.82, 2.24) is 10.2 Å². The second kappa shape index (κ2) is 2.07. The normalized spacial score (nSPS) is 11.4. The molecule has 1 aliphatic carbocycles. The molecule has 1 aliphatic heterocycles. The molecule has 3 nitrogen and oxygen atoms in total. The van der Waals surface area contributed by atoms with E-state index in [1.807, 2.05) is 12.1 Å². The first-order valence-corrected chi connectivity index (χ1v) is 4.19. The zero-order valence-corrected chi connectivity index (χ0v) is 6.96. The van der Waals surface area contributed by atoms with Crippen LogP contribution < -0.4 is 5.73 Å². The fraction of sp³-hybridized carbons (Fsp3) is 0. The third-order valence-corrected chi connectivity index (χ3v) is 2.41. The summed E-state index contributed by atoms with van der Waals surface area (Å²) in [6.07, 6.45) is 0. The Hall–Kier alpha value is -1.90. The molecule has 1 heterocycles. The highest BCUT2D eigenvalue weighted by Crippen LogP contribution is 2.35. The number of aromatic amines is 2. The Morgan fingerprint density at radius 3 is 2.85 bits per heavy atom. The molecule has 1 aromatic carbocycles. The van der Waals surface area contributed by atoms with E-state index in [2.05, 4.69) is 28.4 Å². The molecule has 0 radical (unpaired) electrons. The summed E-state index contributed by atoms with van der Waals surface area (Å²) in [6.45, 7) is 0. The van der Waals surface area contributed by atoms with Crippen LogP contribution in [0.4, 0.5) is 5.82 Å². The molecule has 3 rings (SSSR count). The Morgan fingerprint density at radius 1 is 1.08 bits per heavy atom. The number of nitrogen functional groups attached to an aromatic ring is 1. The molecule has 0 atom stereocenters. The summed E-state index contributed by atoms with van der Waals surface area (Å²) in [5.74, 6) is 0.700. The summed E-state index contributed by atoms with van der Waals surface area (Å²) in [7, 11) is 0. The molecule has 0 saturated heterocycles. The minimum Gasteiger partial charge on any atom is -0.384 e. The van der Waals surface area contributed by atoms with E-state index in [1.54, 1.807) is 0 Å². The predicted molar refractivity (Wildman–Crippen MR) is 53.7 cm³/mol. The number of fused-ring (bicyclic) bond motifs is 3. The molecule has 13 heavy (non-hydrogen) atoms. The Morgan fingerprint density at radius 2 is 1.92 bits per heavy atom. The van der Waals surface area contributed by atoms with Gasteiger partial charge < -0.3 is 5.73 Å². The molecular weight excluding hydrogens is 162 g/mol. The highest BCUT2D eigenvalue weighted by Gasteiger charge is 2.13. The van der Waals surface area contributed by atoms with Gasteiger partial charge in [0.25, 0.3) is 0 Å². The predicted octanol–water partition coefficient (Wildman–Crippen LogP) is 2.18. The molecule has 0 bridgehead atoms. The SMILES string of the molecule is Nc1[nH][nH]c2c3ccccc3cc1-2. The molecule has 0 saturated carbocycles. The quantitative estimate of drug-likeness (QED) is 0.477. The maximum Gasteiger partial charge on any atom is 0.124 e. The molecule has 0 fully saturated rings. The third kappa shape index (κ3) is 0.731. The van der Waals surface area contributed by atoms with Gasteiger partial charge in [-0.05, 0) is 11.5 Å². The number of H-pyrrole nitrogens is 2. The first-order valence-electron chi connectivity index (χ1n) is 4.19. The summed E-state index contributed by atoms with van der Waals surface area (Å²) in [4.78, 5) is 0. The molecule has 0 aromatic heterocycles. The van der Waals surface area contributed by atoms with Gasteiger partial charge in [-0.25, -0.2) is 0 Å². The highest BCUT2D eigenvalue weighted by atomic mass is 15.2. The Balaban J connectivity index is 2.54. The number of rotatable bonds is 0. The molecule has 4 N–H and O–H groups in total. The Labute approximate surface area is 74.9 Å². The van der Waals surface area contributed by atoms with Gasteiger partial charge in [-0.15, -0.1) is 0 Å². The number of benzene rings is 1. The van der Waals surface area contributed by atoms with Gasteiger partial charge in [0.15, 0.2) is 0 Å². The molecule has 0 unspecified atom stereocenters. The lowest BCUT2D eigenvalue weighted by atomic mass is 10.2. The lowest BCUT2D eigenvalue weighted by molar-refractivity contribution is 1.11. The van der Waals surface area contributed by atoms with Crippen molar-refractivity contribution in [3.8, 4) is 11.3 Å². The number of anilines is 1. The van der Waals surface area contributed by atoms with E-state index < -0.39 is 0 Å². The average molecular weight is 171 g/mol. The first kappa shape index (κ1) is 6.60. The number of nitrogens with two attached hydrogens (primary N) is 1. The minimum atomic E-state index is 0.700. The zero-order chi connectivity index (χ0) is 8.84. The van der Waals surface area contributed by atoms with E-state index in [-0.39, 0.29) is 0 Å². The number of hydrogen-bond donors (Lipinski definition) is 3. The van der Waals surface area contributed by atoms with Crippen LogP contribution in [-0.4, -0.2) is 10.2 Å². The lowest BCUT2D eigenvalue weighted by Gasteiger charge is -1.88. The summed E-state index contributed by atoms with van der Waals surface area (Å²) in [5.41, 5.74) is 7.91. The van der Waals surface area contributed by atoms with Crippen LogP contribution in [0.25, 0.3) is 22.0 Å². The van der Waals surface area contributed by atoms with Crippen molar-refractivity contribution in [2.45, 2.75) is 0 Å². The molecule has 0 spiro atoms. The molecule has 1 aromatic rings. The number of aromatic nitrogens is 2. The first-order chi connectivity index (χ1) is 6.36. The summed E-state index contributed by atoms with van der Waals surface area (Å²) in [5, 5.41) is 8.40. The molecule has 64 valence electrons. The van der Waals surface area contributed by atoms with Gasteiger partial charge in [-0.1, -0.05) is 24.3 Å². The van der Waals surface area contributed by atoms with Crippen molar-refractivity contribution < 1.29 is 0 Å². The molecule has 3 heteroatoms. The van der Waals surface area contributed by atoms with Crippen LogP contribution >= 0.6 is 0 Å². The van der Waals surface area contributed by atoms with Crippen LogP contribution in [0, 0.1) is 0 Å². The van der Waals surface area contributed by atoms with Gasteiger partial charge in [0.1, 0.15) is 5.82 Å². The summed E-state index contributed by atoms with van der Waals surface area (Å²) in [6, 6.07) is 10.3. The smallest absolute Gasteiger partial charge is 0.124 e. The van der Waals surface area contributed by atoms with Crippen LogP contribution in [0.1, 0.15) is 0 Å². The molecule has 2 aliphatic rings. The maximum absolute atomic E-state index is 5.75. The molecular formula is C10H9N3. The van der Waals surface area contributed by atoms with Crippen LogP contribution in [0.15, 0.2) is 30.3 Å². The van der Waals surface area contributed by atoms with Crippen molar-refractivity contribution in [1.29, 1.82) is 0 Å². The zero-order valence-electron chi connectivity index (χ0n) is 6.96. The fourth-order valence-electron chi connectivity index (χ4n) is 1.77. The van der Waals surface area contributed by atoms with Gasteiger partial charge >= 0.3 is 0 Å². The van der Waals surface area contributed by atoms with Crippen LogP contribution in [-0.2, 0) is 0 Å². The van der Waals surface area contributed by atoms with E-state index >= 15 is 0 Å². The molecule has 0 amide bonds. The average Bonchev–Trinajstić information content (AvgIpc) is 2.67. The van der Waals surface area contributed by atoms with Crippen LogP contribution in [0.3, 0.4) is 0 Å².